The van der Waals surface area contributed by atoms with Crippen molar-refractivity contribution < 1.29 is 43.0 Å². The number of hydrogen-bond acceptors (Lipinski definition) is 7. The van der Waals surface area contributed by atoms with Crippen LogP contribution in [0.2, 0.25) is 0 Å². The highest BCUT2D eigenvalue weighted by Crippen LogP contribution is 2.35. The molecule has 0 amide bonds. The second-order valence-corrected chi connectivity index (χ2v) is 12.6. The summed E-state index contributed by atoms with van der Waals surface area (Å²) >= 11 is 0. The third-order valence-electron chi connectivity index (χ3n) is 6.95. The number of carbonyl (C=O) groups is 2. The molecule has 0 fully saturated rings. The fourth-order valence-electron chi connectivity index (χ4n) is 4.36. The Morgan fingerprint density at radius 1 is 0.689 bits per heavy atom. The Bertz CT molecular complexity index is 892. The van der Waals surface area contributed by atoms with E-state index in [4.69, 9.17) is 19.3 Å². The number of rotatable bonds is 30. The molecule has 260 valence electrons. The maximum Gasteiger partial charge on any atom is 0.469 e. The summed E-state index contributed by atoms with van der Waals surface area (Å²) in [5.41, 5.74) is 0. The maximum absolute atomic E-state index is 12.3. The minimum atomic E-state index is -4.77. The van der Waals surface area contributed by atoms with Crippen LogP contribution < -0.4 is 0 Å². The van der Waals surface area contributed by atoms with Gasteiger partial charge in [-0.05, 0) is 38.5 Å². The quantitative estimate of drug-likeness (QED) is 0.0228. The molecule has 0 heterocycles. The van der Waals surface area contributed by atoms with Crippen molar-refractivity contribution in [2.75, 3.05) is 13.2 Å². The largest absolute Gasteiger partial charge is 0.469 e. The van der Waals surface area contributed by atoms with Gasteiger partial charge in [0.15, 0.2) is 6.10 Å². The molecule has 0 aromatic heterocycles. The molecule has 0 rings (SSSR count). The van der Waals surface area contributed by atoms with Crippen molar-refractivity contribution in [3.8, 4) is 0 Å². The zero-order valence-electron chi connectivity index (χ0n) is 27.9. The van der Waals surface area contributed by atoms with Crippen molar-refractivity contribution in [1.82, 2.24) is 0 Å². The van der Waals surface area contributed by atoms with E-state index in [1.54, 1.807) is 0 Å². The first-order chi connectivity index (χ1) is 21.7. The van der Waals surface area contributed by atoms with Crippen molar-refractivity contribution in [2.45, 2.75) is 148 Å². The number of esters is 2. The summed E-state index contributed by atoms with van der Waals surface area (Å²) in [5.74, 6) is -0.984. The molecule has 45 heavy (non-hydrogen) atoms. The van der Waals surface area contributed by atoms with Crippen LogP contribution in [0.15, 0.2) is 48.6 Å². The highest BCUT2D eigenvalue weighted by atomic mass is 31.2. The van der Waals surface area contributed by atoms with E-state index in [0.29, 0.717) is 19.3 Å². The molecule has 10 heteroatoms. The lowest BCUT2D eigenvalue weighted by Gasteiger charge is -2.18. The lowest BCUT2D eigenvalue weighted by molar-refractivity contribution is -0.161. The fourth-order valence-corrected chi connectivity index (χ4v) is 4.72. The second kappa shape index (κ2) is 30.6. The molecule has 0 aromatic rings. The van der Waals surface area contributed by atoms with E-state index >= 15 is 0 Å². The van der Waals surface area contributed by atoms with E-state index in [2.05, 4.69) is 30.5 Å². The summed E-state index contributed by atoms with van der Waals surface area (Å²) in [6.07, 6.45) is 31.7. The van der Waals surface area contributed by atoms with Crippen LogP contribution in [-0.4, -0.2) is 52.3 Å². The number of carbonyl (C=O) groups excluding carboxylic acids is 2. The molecule has 0 bridgehead atoms. The van der Waals surface area contributed by atoms with Crippen LogP contribution in [0.5, 0.6) is 0 Å². The minimum Gasteiger partial charge on any atom is -0.462 e. The first-order valence-electron chi connectivity index (χ1n) is 17.0. The van der Waals surface area contributed by atoms with Gasteiger partial charge in [0.05, 0.1) is 12.7 Å². The van der Waals surface area contributed by atoms with E-state index < -0.39 is 32.5 Å². The van der Waals surface area contributed by atoms with E-state index in [0.717, 1.165) is 57.8 Å². The molecule has 0 aliphatic rings. The predicted molar refractivity (Wildman–Crippen MR) is 180 cm³/mol. The lowest BCUT2D eigenvalue weighted by atomic mass is 10.1. The zero-order chi connectivity index (χ0) is 33.4. The molecular weight excluding hydrogens is 595 g/mol. The lowest BCUT2D eigenvalue weighted by Crippen LogP contribution is -2.29. The van der Waals surface area contributed by atoms with Gasteiger partial charge in [0, 0.05) is 12.8 Å². The standard InChI is InChI=1S/C35H61O9P/c1-3-5-7-8-9-13-17-20-24-28-34(37)42-30-33(31-43-45(39,40)41)44-35(38)29-25-21-18-15-12-10-11-14-16-19-23-27-32(36)26-22-6-4-2/h10-11,15-16,18-19,23,27,32-33,36H,3-9,12-14,17,20-22,24-26,28-31H2,1-2H3,(H2,39,40,41)/b11-10-,18-15-,19-16-,27-23+/t32-,33+/m0/s1. The van der Waals surface area contributed by atoms with Crippen LogP contribution in [0.3, 0.4) is 0 Å². The molecule has 0 unspecified atom stereocenters. The molecule has 9 nitrogen and oxygen atoms in total. The Morgan fingerprint density at radius 3 is 1.93 bits per heavy atom. The van der Waals surface area contributed by atoms with E-state index in [1.807, 2.05) is 36.5 Å². The number of phosphoric acid groups is 1. The van der Waals surface area contributed by atoms with Gasteiger partial charge in [-0.25, -0.2) is 4.57 Å². The van der Waals surface area contributed by atoms with Gasteiger partial charge in [0.1, 0.15) is 6.61 Å². The summed E-state index contributed by atoms with van der Waals surface area (Å²) in [4.78, 5) is 42.4. The van der Waals surface area contributed by atoms with Crippen LogP contribution in [0.1, 0.15) is 136 Å². The van der Waals surface area contributed by atoms with Gasteiger partial charge >= 0.3 is 19.8 Å². The van der Waals surface area contributed by atoms with Crippen molar-refractivity contribution in [2.24, 2.45) is 0 Å². The molecule has 2 atom stereocenters. The molecule has 0 saturated heterocycles. The Hall–Kier alpha value is -2.03. The topological polar surface area (TPSA) is 140 Å². The number of allylic oxidation sites excluding steroid dienone is 7. The molecule has 0 spiro atoms. The molecule has 0 radical (unpaired) electrons. The number of aliphatic hydroxyl groups excluding tert-OH is 1. The number of aliphatic hydroxyl groups is 1. The van der Waals surface area contributed by atoms with E-state index in [9.17, 15) is 19.3 Å². The first-order valence-corrected chi connectivity index (χ1v) is 18.6. The summed E-state index contributed by atoms with van der Waals surface area (Å²) in [6.45, 7) is 3.45. The average molecular weight is 657 g/mol. The van der Waals surface area contributed by atoms with Crippen LogP contribution in [0.25, 0.3) is 0 Å². The van der Waals surface area contributed by atoms with Gasteiger partial charge in [-0.15, -0.1) is 0 Å². The number of ether oxygens (including phenoxy) is 2. The third-order valence-corrected chi connectivity index (χ3v) is 7.44. The monoisotopic (exact) mass is 656 g/mol. The number of phosphoric ester groups is 1. The van der Waals surface area contributed by atoms with Crippen LogP contribution in [0.4, 0.5) is 0 Å². The first kappa shape index (κ1) is 43.0. The summed E-state index contributed by atoms with van der Waals surface area (Å²) in [6, 6.07) is 0. The summed E-state index contributed by atoms with van der Waals surface area (Å²) in [7, 11) is -4.77. The average Bonchev–Trinajstić information content (AvgIpc) is 2.99. The van der Waals surface area contributed by atoms with Crippen molar-refractivity contribution >= 4 is 19.8 Å². The van der Waals surface area contributed by atoms with Crippen molar-refractivity contribution in [3.63, 3.8) is 0 Å². The Labute approximate surface area is 272 Å². The maximum atomic E-state index is 12.3. The molecule has 3 N–H and O–H groups in total. The van der Waals surface area contributed by atoms with Gasteiger partial charge < -0.3 is 24.4 Å². The van der Waals surface area contributed by atoms with Gasteiger partial charge in [0.2, 0.25) is 0 Å². The van der Waals surface area contributed by atoms with Crippen molar-refractivity contribution in [1.29, 1.82) is 0 Å². The third kappa shape index (κ3) is 33.2. The zero-order valence-corrected chi connectivity index (χ0v) is 28.8. The van der Waals surface area contributed by atoms with Crippen LogP contribution in [0, 0.1) is 0 Å². The number of hydrogen-bond donors (Lipinski definition) is 3. The summed E-state index contributed by atoms with van der Waals surface area (Å²) < 4.78 is 26.1. The van der Waals surface area contributed by atoms with Gasteiger partial charge in [-0.2, -0.15) is 0 Å². The van der Waals surface area contributed by atoms with Gasteiger partial charge in [0.25, 0.3) is 0 Å². The van der Waals surface area contributed by atoms with Crippen LogP contribution in [-0.2, 0) is 28.2 Å². The number of unbranched alkanes of at least 4 members (excludes halogenated alkanes) is 11. The SMILES string of the molecule is CCCCCCCCCCCC(=O)OC[C@H](COP(=O)(O)O)OC(=O)CCC/C=C\C/C=C\C/C=C\C=C\[C@@H](O)CCCCC. The Kier molecular flexibility index (Phi) is 29.2. The summed E-state index contributed by atoms with van der Waals surface area (Å²) in [5, 5.41) is 9.84. The second-order valence-electron chi connectivity index (χ2n) is 11.3. The van der Waals surface area contributed by atoms with Gasteiger partial charge in [-0.1, -0.05) is 133 Å². The molecule has 0 aliphatic heterocycles. The highest BCUT2D eigenvalue weighted by Gasteiger charge is 2.22. The Balaban J connectivity index is 4.18. The molecule has 0 aromatic carbocycles. The molecule has 0 saturated carbocycles. The van der Waals surface area contributed by atoms with E-state index in [-0.39, 0.29) is 25.6 Å². The van der Waals surface area contributed by atoms with Gasteiger partial charge in [-0.3, -0.25) is 14.1 Å². The van der Waals surface area contributed by atoms with Crippen LogP contribution >= 0.6 is 7.82 Å². The van der Waals surface area contributed by atoms with E-state index in [1.165, 1.54) is 32.1 Å². The Morgan fingerprint density at radius 2 is 1.27 bits per heavy atom. The minimum absolute atomic E-state index is 0.116. The fraction of sp³-hybridized carbons (Fsp3) is 0.714. The normalized spacial score (nSPS) is 13.8. The predicted octanol–water partition coefficient (Wildman–Crippen LogP) is 8.59. The smallest absolute Gasteiger partial charge is 0.462 e. The van der Waals surface area contributed by atoms with Crippen molar-refractivity contribution in [3.05, 3.63) is 48.6 Å². The molecule has 0 aliphatic carbocycles. The molecular formula is C35H61O9P. The highest BCUT2D eigenvalue weighted by molar-refractivity contribution is 7.46.